The largest absolute Gasteiger partial charge is 0.481 e. The molecule has 1 N–H and O–H groups in total. The molecule has 1 aliphatic carbocycles. The zero-order valence-corrected chi connectivity index (χ0v) is 5.22. The molecule has 9 heavy (non-hydrogen) atoms. The van der Waals surface area contributed by atoms with Crippen molar-refractivity contribution >= 4 is 5.97 Å². The van der Waals surface area contributed by atoms with E-state index in [0.717, 1.165) is 0 Å². The van der Waals surface area contributed by atoms with E-state index >= 15 is 0 Å². The van der Waals surface area contributed by atoms with Crippen molar-refractivity contribution in [3.63, 3.8) is 0 Å². The molecule has 52 valence electrons. The zero-order valence-electron chi connectivity index (χ0n) is 5.22. The van der Waals surface area contributed by atoms with Gasteiger partial charge in [-0.25, -0.2) is 4.39 Å². The van der Waals surface area contributed by atoms with Gasteiger partial charge in [0, 0.05) is 5.41 Å². The van der Waals surface area contributed by atoms with Gasteiger partial charge in [0.25, 0.3) is 0 Å². The quantitative estimate of drug-likeness (QED) is 0.613. The van der Waals surface area contributed by atoms with Gasteiger partial charge in [0.05, 0.1) is 6.42 Å². The molecule has 0 aromatic rings. The van der Waals surface area contributed by atoms with Crippen LogP contribution in [0.1, 0.15) is 19.8 Å². The average molecular weight is 132 g/mol. The highest BCUT2D eigenvalue weighted by Gasteiger charge is 2.52. The van der Waals surface area contributed by atoms with Crippen LogP contribution < -0.4 is 0 Å². The van der Waals surface area contributed by atoms with Crippen LogP contribution in [0.25, 0.3) is 0 Å². The van der Waals surface area contributed by atoms with Crippen molar-refractivity contribution in [1.29, 1.82) is 0 Å². The fourth-order valence-corrected chi connectivity index (χ4v) is 0.879. The van der Waals surface area contributed by atoms with E-state index in [9.17, 15) is 9.18 Å². The predicted octanol–water partition coefficient (Wildman–Crippen LogP) is 1.21. The molecule has 1 saturated carbocycles. The number of hydrogen-bond acceptors (Lipinski definition) is 1. The molecular weight excluding hydrogens is 123 g/mol. The van der Waals surface area contributed by atoms with Gasteiger partial charge in [-0.3, -0.25) is 4.79 Å². The van der Waals surface area contributed by atoms with Gasteiger partial charge < -0.3 is 5.11 Å². The van der Waals surface area contributed by atoms with Crippen molar-refractivity contribution in [2.45, 2.75) is 25.9 Å². The van der Waals surface area contributed by atoms with Gasteiger partial charge in [0.2, 0.25) is 0 Å². The first-order valence-corrected chi connectivity index (χ1v) is 2.90. The molecule has 1 fully saturated rings. The highest BCUT2D eigenvalue weighted by molar-refractivity contribution is 5.68. The molecule has 0 heterocycles. The zero-order chi connectivity index (χ0) is 7.07. The number of carboxylic acids is 1. The third-order valence-corrected chi connectivity index (χ3v) is 1.80. The van der Waals surface area contributed by atoms with Crippen LogP contribution in [0.5, 0.6) is 0 Å². The van der Waals surface area contributed by atoms with E-state index in [1.165, 1.54) is 0 Å². The maximum absolute atomic E-state index is 12.3. The summed E-state index contributed by atoms with van der Waals surface area (Å²) in [5, 5.41) is 8.24. The van der Waals surface area contributed by atoms with Crippen LogP contribution in [0.2, 0.25) is 0 Å². The van der Waals surface area contributed by atoms with Gasteiger partial charge in [0.1, 0.15) is 6.17 Å². The molecule has 2 atom stereocenters. The summed E-state index contributed by atoms with van der Waals surface area (Å²) in [5.41, 5.74) is -0.536. The minimum atomic E-state index is -0.905. The molecule has 1 aliphatic rings. The van der Waals surface area contributed by atoms with Gasteiger partial charge in [-0.15, -0.1) is 0 Å². The van der Waals surface area contributed by atoms with Gasteiger partial charge in [0.15, 0.2) is 0 Å². The second-order valence-corrected chi connectivity index (χ2v) is 2.90. The summed E-state index contributed by atoms with van der Waals surface area (Å²) in [7, 11) is 0. The summed E-state index contributed by atoms with van der Waals surface area (Å²) in [6, 6.07) is 0. The van der Waals surface area contributed by atoms with Crippen LogP contribution in [0.4, 0.5) is 4.39 Å². The molecule has 0 amide bonds. The first-order valence-electron chi connectivity index (χ1n) is 2.90. The lowest BCUT2D eigenvalue weighted by atomic mass is 10.1. The molecule has 0 aromatic carbocycles. The third kappa shape index (κ3) is 1.20. The van der Waals surface area contributed by atoms with E-state index in [2.05, 4.69) is 0 Å². The number of carboxylic acid groups (broad SMARTS) is 1. The van der Waals surface area contributed by atoms with E-state index in [-0.39, 0.29) is 6.42 Å². The number of hydrogen-bond donors (Lipinski definition) is 1. The molecule has 0 radical (unpaired) electrons. The van der Waals surface area contributed by atoms with Gasteiger partial charge in [-0.2, -0.15) is 0 Å². The Bertz CT molecular complexity index is 146. The highest BCUT2D eigenvalue weighted by Crippen LogP contribution is 2.50. The molecule has 1 rings (SSSR count). The summed E-state index contributed by atoms with van der Waals surface area (Å²) in [4.78, 5) is 10.0. The summed E-state index contributed by atoms with van der Waals surface area (Å²) in [5.74, 6) is -0.905. The molecule has 0 spiro atoms. The van der Waals surface area contributed by atoms with Crippen molar-refractivity contribution in [2.75, 3.05) is 0 Å². The van der Waals surface area contributed by atoms with E-state index in [4.69, 9.17) is 5.11 Å². The number of rotatable bonds is 2. The third-order valence-electron chi connectivity index (χ3n) is 1.80. The molecule has 2 nitrogen and oxygen atoms in total. The molecule has 0 bridgehead atoms. The molecule has 0 saturated heterocycles. The SMILES string of the molecule is C[C@]1(CC(=O)O)C[C@@H]1F. The lowest BCUT2D eigenvalue weighted by molar-refractivity contribution is -0.138. The normalized spacial score (nSPS) is 40.4. The number of alkyl halides is 1. The first-order chi connectivity index (χ1) is 4.04. The minimum absolute atomic E-state index is 0.0336. The Morgan fingerprint density at radius 2 is 2.44 bits per heavy atom. The number of aliphatic carboxylic acids is 1. The molecule has 0 unspecified atom stereocenters. The Labute approximate surface area is 52.7 Å². The summed E-state index contributed by atoms with van der Waals surface area (Å²) in [6.07, 6.45) is -0.499. The monoisotopic (exact) mass is 132 g/mol. The second kappa shape index (κ2) is 1.69. The van der Waals surface area contributed by atoms with Gasteiger partial charge in [-0.1, -0.05) is 6.92 Å². The Morgan fingerprint density at radius 1 is 2.00 bits per heavy atom. The lowest BCUT2D eigenvalue weighted by Gasteiger charge is -2.00. The van der Waals surface area contributed by atoms with Crippen LogP contribution in [-0.4, -0.2) is 17.2 Å². The van der Waals surface area contributed by atoms with Gasteiger partial charge >= 0.3 is 5.97 Å². The van der Waals surface area contributed by atoms with E-state index in [1.54, 1.807) is 6.92 Å². The van der Waals surface area contributed by atoms with Crippen molar-refractivity contribution < 1.29 is 14.3 Å². The summed E-state index contributed by atoms with van der Waals surface area (Å²) in [6.45, 7) is 1.66. The predicted molar refractivity (Wildman–Crippen MR) is 29.9 cm³/mol. The molecule has 3 heteroatoms. The smallest absolute Gasteiger partial charge is 0.304 e. The Balaban J connectivity index is 2.37. The van der Waals surface area contributed by atoms with Gasteiger partial charge in [-0.05, 0) is 6.42 Å². The van der Waals surface area contributed by atoms with Crippen LogP contribution in [0.3, 0.4) is 0 Å². The van der Waals surface area contributed by atoms with Crippen LogP contribution in [0.15, 0.2) is 0 Å². The lowest BCUT2D eigenvalue weighted by Crippen LogP contribution is -2.06. The Kier molecular flexibility index (Phi) is 1.22. The van der Waals surface area contributed by atoms with Crippen LogP contribution in [-0.2, 0) is 4.79 Å². The second-order valence-electron chi connectivity index (χ2n) is 2.90. The van der Waals surface area contributed by atoms with Crippen molar-refractivity contribution in [3.8, 4) is 0 Å². The van der Waals surface area contributed by atoms with E-state index in [1.807, 2.05) is 0 Å². The first kappa shape index (κ1) is 6.52. The molecule has 0 aliphatic heterocycles. The van der Waals surface area contributed by atoms with Crippen molar-refractivity contribution in [1.82, 2.24) is 0 Å². The number of carbonyl (C=O) groups is 1. The summed E-state index contributed by atoms with van der Waals surface area (Å²) >= 11 is 0. The Morgan fingerprint density at radius 3 is 2.56 bits per heavy atom. The highest BCUT2D eigenvalue weighted by atomic mass is 19.1. The van der Waals surface area contributed by atoms with Crippen molar-refractivity contribution in [3.05, 3.63) is 0 Å². The fraction of sp³-hybridized carbons (Fsp3) is 0.833. The molecule has 0 aromatic heterocycles. The topological polar surface area (TPSA) is 37.3 Å². The average Bonchev–Trinajstić information content (AvgIpc) is 2.10. The van der Waals surface area contributed by atoms with Crippen molar-refractivity contribution in [2.24, 2.45) is 5.41 Å². The summed E-state index contributed by atoms with van der Waals surface area (Å²) < 4.78 is 12.3. The van der Waals surface area contributed by atoms with Crippen LogP contribution in [0, 0.1) is 5.41 Å². The maximum atomic E-state index is 12.3. The van der Waals surface area contributed by atoms with Crippen LogP contribution >= 0.6 is 0 Å². The number of halogens is 1. The molecular formula is C6H9FO2. The minimum Gasteiger partial charge on any atom is -0.481 e. The fourth-order valence-electron chi connectivity index (χ4n) is 0.879. The van der Waals surface area contributed by atoms with E-state index in [0.29, 0.717) is 6.42 Å². The maximum Gasteiger partial charge on any atom is 0.304 e. The van der Waals surface area contributed by atoms with E-state index < -0.39 is 17.6 Å². The standard InChI is InChI=1S/C6H9FO2/c1-6(2-4(6)7)3-5(8)9/h4H,2-3H2,1H3,(H,8,9)/t4-,6+/m0/s1. The Hall–Kier alpha value is -0.600.